The van der Waals surface area contributed by atoms with E-state index in [0.717, 1.165) is 62.1 Å². The molecule has 0 aliphatic carbocycles. The number of hydrogen-bond acceptors (Lipinski definition) is 6. The molecule has 2 N–H and O–H groups in total. The summed E-state index contributed by atoms with van der Waals surface area (Å²) in [5.74, 6) is 0.0790. The molecule has 0 radical (unpaired) electrons. The predicted molar refractivity (Wildman–Crippen MR) is 140 cm³/mol. The second-order valence-electron chi connectivity index (χ2n) is 11.2. The molecule has 200 valence electrons. The fourth-order valence-corrected chi connectivity index (χ4v) is 5.81. The summed E-state index contributed by atoms with van der Waals surface area (Å²) in [7, 11) is 0. The fraction of sp³-hybridized carbons (Fsp3) is 0.586. The van der Waals surface area contributed by atoms with E-state index in [9.17, 15) is 14.3 Å². The van der Waals surface area contributed by atoms with Gasteiger partial charge in [0.2, 0.25) is 0 Å². The first-order valence-electron chi connectivity index (χ1n) is 13.6. The number of pyridine rings is 1. The lowest BCUT2D eigenvalue weighted by molar-refractivity contribution is -0.151. The lowest BCUT2D eigenvalue weighted by atomic mass is 9.75. The van der Waals surface area contributed by atoms with Crippen LogP contribution in [0.3, 0.4) is 0 Å². The number of carbonyl (C=O) groups is 1. The highest BCUT2D eigenvalue weighted by Gasteiger charge is 2.42. The second-order valence-corrected chi connectivity index (χ2v) is 11.2. The number of rotatable bonds is 10. The molecular weight excluding hydrogens is 473 g/mol. The number of unbranched alkanes of at least 4 members (excludes halogenated alkanes) is 2. The van der Waals surface area contributed by atoms with Crippen molar-refractivity contribution in [1.29, 1.82) is 0 Å². The lowest BCUT2D eigenvalue weighted by Gasteiger charge is -2.44. The minimum Gasteiger partial charge on any atom is -0.493 e. The van der Waals surface area contributed by atoms with Crippen LogP contribution in [0.5, 0.6) is 5.75 Å². The number of likely N-dealkylation sites (tertiary alicyclic amines) is 1. The second kappa shape index (κ2) is 11.0. The van der Waals surface area contributed by atoms with Crippen molar-refractivity contribution < 1.29 is 23.8 Å². The van der Waals surface area contributed by atoms with Gasteiger partial charge in [-0.05, 0) is 67.2 Å². The van der Waals surface area contributed by atoms with Crippen LogP contribution in [0.25, 0.3) is 0 Å². The number of hydrogen-bond donors (Lipinski definition) is 2. The Balaban J connectivity index is 1.09. The van der Waals surface area contributed by atoms with Gasteiger partial charge in [0.1, 0.15) is 23.4 Å². The number of nitrogens with one attached hydrogen (secondary N) is 1. The number of aryl methyl sites for hydroxylation is 2. The highest BCUT2D eigenvalue weighted by molar-refractivity contribution is 5.77. The van der Waals surface area contributed by atoms with E-state index in [4.69, 9.17) is 14.5 Å². The van der Waals surface area contributed by atoms with Crippen molar-refractivity contribution in [3.63, 3.8) is 0 Å². The summed E-state index contributed by atoms with van der Waals surface area (Å²) in [6.45, 7) is 7.34. The quantitative estimate of drug-likeness (QED) is 0.440. The molecule has 0 bridgehead atoms. The topological polar surface area (TPSA) is 83.9 Å². The van der Waals surface area contributed by atoms with Crippen LogP contribution in [0.4, 0.5) is 10.2 Å². The van der Waals surface area contributed by atoms with Gasteiger partial charge in [-0.2, -0.15) is 0 Å². The largest absolute Gasteiger partial charge is 0.493 e. The van der Waals surface area contributed by atoms with E-state index in [0.29, 0.717) is 37.6 Å². The summed E-state index contributed by atoms with van der Waals surface area (Å²) in [5, 5.41) is 13.5. The Labute approximate surface area is 218 Å². The van der Waals surface area contributed by atoms with Crippen molar-refractivity contribution in [2.45, 2.75) is 76.4 Å². The summed E-state index contributed by atoms with van der Waals surface area (Å²) >= 11 is 0. The monoisotopic (exact) mass is 511 g/mol. The molecule has 1 saturated heterocycles. The first kappa shape index (κ1) is 25.9. The SMILES string of the molecule is CC1(C)CCOc2cc(F)cc(C(C(=O)O)N3CC(OCCCCCc4ccc5c(n4)NCCC5)C3)c21. The number of aromatic nitrogens is 1. The smallest absolute Gasteiger partial charge is 0.325 e. The average molecular weight is 512 g/mol. The molecule has 4 heterocycles. The number of ether oxygens (including phenoxy) is 2. The Morgan fingerprint density at radius 3 is 2.95 bits per heavy atom. The predicted octanol–water partition coefficient (Wildman–Crippen LogP) is 4.88. The van der Waals surface area contributed by atoms with Gasteiger partial charge in [0.05, 0.1) is 12.7 Å². The Morgan fingerprint density at radius 1 is 1.30 bits per heavy atom. The van der Waals surface area contributed by atoms with Crippen molar-refractivity contribution in [3.05, 3.63) is 52.5 Å². The van der Waals surface area contributed by atoms with Crippen LogP contribution in [0.15, 0.2) is 24.3 Å². The first-order chi connectivity index (χ1) is 17.8. The number of anilines is 1. The maximum absolute atomic E-state index is 14.4. The third kappa shape index (κ3) is 5.75. The van der Waals surface area contributed by atoms with Crippen molar-refractivity contribution in [1.82, 2.24) is 9.88 Å². The van der Waals surface area contributed by atoms with Crippen LogP contribution in [0, 0.1) is 5.82 Å². The zero-order valence-corrected chi connectivity index (χ0v) is 21.9. The van der Waals surface area contributed by atoms with Crippen LogP contribution in [0.2, 0.25) is 0 Å². The van der Waals surface area contributed by atoms with Crippen molar-refractivity contribution in [3.8, 4) is 5.75 Å². The fourth-order valence-electron chi connectivity index (χ4n) is 5.81. The van der Waals surface area contributed by atoms with Gasteiger partial charge in [-0.1, -0.05) is 26.3 Å². The van der Waals surface area contributed by atoms with Gasteiger partial charge in [-0.15, -0.1) is 0 Å². The molecule has 7 nitrogen and oxygen atoms in total. The molecule has 37 heavy (non-hydrogen) atoms. The van der Waals surface area contributed by atoms with E-state index in [2.05, 4.69) is 31.3 Å². The summed E-state index contributed by atoms with van der Waals surface area (Å²) < 4.78 is 26.2. The van der Waals surface area contributed by atoms with E-state index < -0.39 is 17.8 Å². The zero-order valence-electron chi connectivity index (χ0n) is 21.9. The normalized spacial score (nSPS) is 19.6. The minimum atomic E-state index is -0.974. The summed E-state index contributed by atoms with van der Waals surface area (Å²) in [4.78, 5) is 18.9. The van der Waals surface area contributed by atoms with Crippen LogP contribution < -0.4 is 10.1 Å². The number of nitrogens with zero attached hydrogens (tertiary/aromatic N) is 2. The molecule has 1 unspecified atom stereocenters. The van der Waals surface area contributed by atoms with Crippen LogP contribution >= 0.6 is 0 Å². The van der Waals surface area contributed by atoms with Gasteiger partial charge in [0.25, 0.3) is 0 Å². The van der Waals surface area contributed by atoms with Crippen molar-refractivity contribution in [2.75, 3.05) is 38.2 Å². The maximum Gasteiger partial charge on any atom is 0.325 e. The van der Waals surface area contributed by atoms with Crippen molar-refractivity contribution >= 4 is 11.8 Å². The molecule has 0 spiro atoms. The average Bonchev–Trinajstić information content (AvgIpc) is 2.83. The third-order valence-corrected chi connectivity index (χ3v) is 7.91. The Morgan fingerprint density at radius 2 is 2.14 bits per heavy atom. The molecule has 5 rings (SSSR count). The number of halogens is 1. The molecule has 1 fully saturated rings. The van der Waals surface area contributed by atoms with Gasteiger partial charge >= 0.3 is 5.97 Å². The maximum atomic E-state index is 14.4. The molecule has 3 aliphatic rings. The summed E-state index contributed by atoms with van der Waals surface area (Å²) in [6.07, 6.45) is 7.09. The van der Waals surface area contributed by atoms with E-state index >= 15 is 0 Å². The standard InChI is InChI=1S/C29H38FN3O4/c1-29(2)11-14-37-24-16-20(30)15-23(25(24)29)26(28(34)35)33-17-22(18-33)36-13-5-3-4-8-21-10-9-19-7-6-12-31-27(19)32-21/h9-10,15-16,22,26H,3-8,11-14,17-18H2,1-2H3,(H,31,32)(H,34,35). The van der Waals surface area contributed by atoms with Gasteiger partial charge in [-0.3, -0.25) is 9.69 Å². The van der Waals surface area contributed by atoms with Crippen LogP contribution in [-0.4, -0.2) is 59.9 Å². The van der Waals surface area contributed by atoms with E-state index in [-0.39, 0.29) is 11.5 Å². The number of fused-ring (bicyclic) bond motifs is 2. The van der Waals surface area contributed by atoms with Crippen LogP contribution in [-0.2, 0) is 27.8 Å². The molecular formula is C29H38FN3O4. The third-order valence-electron chi connectivity index (χ3n) is 7.91. The van der Waals surface area contributed by atoms with Gasteiger partial charge in [0.15, 0.2) is 0 Å². The Bertz CT molecular complexity index is 1130. The van der Waals surface area contributed by atoms with Gasteiger partial charge < -0.3 is 19.9 Å². The molecule has 1 aromatic heterocycles. The molecule has 8 heteroatoms. The first-order valence-corrected chi connectivity index (χ1v) is 13.6. The van der Waals surface area contributed by atoms with Crippen LogP contribution in [0.1, 0.15) is 74.4 Å². The molecule has 1 aromatic carbocycles. The summed E-state index contributed by atoms with van der Waals surface area (Å²) in [5.41, 5.74) is 3.47. The molecule has 2 aromatic rings. The van der Waals surface area contributed by atoms with Crippen molar-refractivity contribution in [2.24, 2.45) is 0 Å². The lowest BCUT2D eigenvalue weighted by Crippen LogP contribution is -2.55. The van der Waals surface area contributed by atoms with E-state index in [1.807, 2.05) is 4.90 Å². The van der Waals surface area contributed by atoms with E-state index in [1.165, 1.54) is 24.1 Å². The highest BCUT2D eigenvalue weighted by Crippen LogP contribution is 2.45. The molecule has 3 aliphatic heterocycles. The van der Waals surface area contributed by atoms with Gasteiger partial charge in [-0.25, -0.2) is 9.37 Å². The molecule has 0 saturated carbocycles. The minimum absolute atomic E-state index is 0.00359. The number of carboxylic acid groups (broad SMARTS) is 1. The molecule has 0 amide bonds. The highest BCUT2D eigenvalue weighted by atomic mass is 19.1. The Hall–Kier alpha value is -2.71. The van der Waals surface area contributed by atoms with Gasteiger partial charge in [0, 0.05) is 43.6 Å². The summed E-state index contributed by atoms with van der Waals surface area (Å²) in [6, 6.07) is 6.18. The molecule has 1 atom stereocenters. The number of carboxylic acids is 1. The zero-order chi connectivity index (χ0) is 26.0. The number of benzene rings is 1. The Kier molecular flexibility index (Phi) is 7.67. The number of aliphatic carboxylic acids is 1. The van der Waals surface area contributed by atoms with E-state index in [1.54, 1.807) is 0 Å².